The molecule has 0 fully saturated rings. The van der Waals surface area contributed by atoms with Gasteiger partial charge in [0.1, 0.15) is 0 Å². The summed E-state index contributed by atoms with van der Waals surface area (Å²) in [6.45, 7) is 0. The molecule has 26 valence electrons. The summed E-state index contributed by atoms with van der Waals surface area (Å²) in [6.07, 6.45) is 0. The van der Waals surface area contributed by atoms with Crippen LogP contribution in [-0.2, 0) is 94.8 Å². The second-order valence-corrected chi connectivity index (χ2v) is 0. The molecule has 0 heterocycles. The maximum Gasteiger partial charge on any atom is 0 e. The van der Waals surface area contributed by atoms with Crippen LogP contribution in [0.1, 0.15) is 0 Å². The van der Waals surface area contributed by atoms with Crippen LogP contribution in [0.5, 0.6) is 0 Å². The van der Waals surface area contributed by atoms with Gasteiger partial charge in [-0.2, -0.15) is 0 Å². The Kier molecular flexibility index (Phi) is 228. The van der Waals surface area contributed by atoms with Crippen molar-refractivity contribution < 1.29 is 94.8 Å². The Morgan fingerprint density at radius 3 is 1.00 bits per heavy atom. The summed E-state index contributed by atoms with van der Waals surface area (Å²) in [5, 5.41) is 0. The molecular formula is CH3HfMoTiZr-. The first-order chi connectivity index (χ1) is 0. The molecule has 0 aromatic rings. The van der Waals surface area contributed by atoms with Crippen molar-refractivity contribution >= 4 is 0 Å². The molecule has 0 saturated carbocycles. The van der Waals surface area contributed by atoms with Gasteiger partial charge in [-0.15, -0.1) is 0 Å². The SMILES string of the molecule is [CH3-].[Hf].[Mo].[Ti].[Zr]. The van der Waals surface area contributed by atoms with Crippen molar-refractivity contribution in [3.8, 4) is 0 Å². The summed E-state index contributed by atoms with van der Waals surface area (Å²) < 4.78 is 0. The fraction of sp³-hybridized carbons (Fsp3) is 0. The standard InChI is InChI=1S/CH3.Hf.Mo.Ti.Zr/h1H3;;;;/q-1;;;;. The second-order valence-electron chi connectivity index (χ2n) is 0. The van der Waals surface area contributed by atoms with Crippen LogP contribution >= 0.6 is 0 Å². The van der Waals surface area contributed by atoms with Gasteiger partial charge >= 0.3 is 0 Å². The molecule has 0 bridgehead atoms. The molecule has 0 aromatic heterocycles. The van der Waals surface area contributed by atoms with Crippen LogP contribution in [0.25, 0.3) is 0 Å². The first-order valence-corrected chi connectivity index (χ1v) is 0. The van der Waals surface area contributed by atoms with Crippen LogP contribution in [-0.4, -0.2) is 0 Å². The van der Waals surface area contributed by atoms with Crippen molar-refractivity contribution in [3.63, 3.8) is 0 Å². The Morgan fingerprint density at radius 1 is 1.00 bits per heavy atom. The van der Waals surface area contributed by atoms with Crippen molar-refractivity contribution in [2.24, 2.45) is 0 Å². The third kappa shape index (κ3) is 19.1. The molecule has 0 spiro atoms. The van der Waals surface area contributed by atoms with Crippen molar-refractivity contribution in [1.29, 1.82) is 0 Å². The fourth-order valence-electron chi connectivity index (χ4n) is 0. The van der Waals surface area contributed by atoms with Gasteiger partial charge in [0.25, 0.3) is 0 Å². The van der Waals surface area contributed by atoms with Crippen LogP contribution in [0, 0.1) is 7.43 Å². The van der Waals surface area contributed by atoms with Gasteiger partial charge in [-0.3, -0.25) is 0 Å². The third-order valence-corrected chi connectivity index (χ3v) is 0. The van der Waals surface area contributed by atoms with Crippen LogP contribution in [0.15, 0.2) is 0 Å². The van der Waals surface area contributed by atoms with E-state index in [2.05, 4.69) is 0 Å². The summed E-state index contributed by atoms with van der Waals surface area (Å²) in [7, 11) is 0. The zero-order valence-electron chi connectivity index (χ0n) is 2.91. The smallest absolute Gasteiger partial charge is 0 e. The van der Waals surface area contributed by atoms with E-state index in [9.17, 15) is 0 Å². The summed E-state index contributed by atoms with van der Waals surface area (Å²) in [5.74, 6) is 0. The Balaban J connectivity index is 0. The molecule has 0 unspecified atom stereocenters. The van der Waals surface area contributed by atoms with Crippen molar-refractivity contribution in [2.45, 2.75) is 0 Å². The summed E-state index contributed by atoms with van der Waals surface area (Å²) >= 11 is 0. The molecule has 0 aliphatic rings. The van der Waals surface area contributed by atoms with Gasteiger partial charge in [0, 0.05) is 94.8 Å². The molecular weight excluding hydrogens is 426 g/mol. The number of hydrogen-bond donors (Lipinski definition) is 0. The minimum absolute atomic E-state index is 0. The van der Waals surface area contributed by atoms with Gasteiger partial charge < -0.3 is 7.43 Å². The maximum atomic E-state index is 0. The van der Waals surface area contributed by atoms with Crippen LogP contribution in [0.2, 0.25) is 0 Å². The average Bonchev–Trinajstić information content (AvgIpc) is 0. The molecule has 0 amide bonds. The van der Waals surface area contributed by atoms with E-state index in [1.165, 1.54) is 0 Å². The minimum atomic E-state index is 0. The quantitative estimate of drug-likeness (QED) is 0.388. The summed E-state index contributed by atoms with van der Waals surface area (Å²) in [4.78, 5) is 0. The monoisotopic (exact) mass is 431 g/mol. The average molecular weight is 429 g/mol. The Hall–Kier alpha value is 3.16. The molecule has 0 rings (SSSR count). The third-order valence-electron chi connectivity index (χ3n) is 0. The van der Waals surface area contributed by atoms with E-state index < -0.39 is 0 Å². The van der Waals surface area contributed by atoms with Crippen molar-refractivity contribution in [2.75, 3.05) is 0 Å². The van der Waals surface area contributed by atoms with E-state index >= 15 is 0 Å². The number of hydrogen-bond acceptors (Lipinski definition) is 0. The van der Waals surface area contributed by atoms with E-state index in [0.717, 1.165) is 0 Å². The normalized spacial score (nSPS) is 0. The summed E-state index contributed by atoms with van der Waals surface area (Å²) in [5.41, 5.74) is 0. The van der Waals surface area contributed by atoms with Crippen LogP contribution in [0.4, 0.5) is 0 Å². The topological polar surface area (TPSA) is 0 Å². The van der Waals surface area contributed by atoms with Gasteiger partial charge in [0.15, 0.2) is 0 Å². The maximum absolute atomic E-state index is 0. The van der Waals surface area contributed by atoms with Crippen molar-refractivity contribution in [3.05, 3.63) is 7.43 Å². The van der Waals surface area contributed by atoms with E-state index in [1.54, 1.807) is 0 Å². The van der Waals surface area contributed by atoms with E-state index in [-0.39, 0.29) is 102 Å². The van der Waals surface area contributed by atoms with E-state index in [1.807, 2.05) is 0 Å². The predicted octanol–water partition coefficient (Wildman–Crippen LogP) is 0.440. The number of rotatable bonds is 0. The molecule has 0 nitrogen and oxygen atoms in total. The molecule has 0 aliphatic heterocycles. The minimum Gasteiger partial charge on any atom is -0.358 e. The largest absolute Gasteiger partial charge is 0.358 e. The second kappa shape index (κ2) is 27.2. The van der Waals surface area contributed by atoms with Gasteiger partial charge in [-0.05, 0) is 0 Å². The molecule has 5 heavy (non-hydrogen) atoms. The summed E-state index contributed by atoms with van der Waals surface area (Å²) in [6, 6.07) is 0. The zero-order chi connectivity index (χ0) is 0. The molecule has 0 atom stereocenters. The van der Waals surface area contributed by atoms with Crippen molar-refractivity contribution in [1.82, 2.24) is 0 Å². The first-order valence-electron chi connectivity index (χ1n) is 0. The van der Waals surface area contributed by atoms with Gasteiger partial charge in [-0.25, -0.2) is 0 Å². The van der Waals surface area contributed by atoms with Crippen LogP contribution in [0.3, 0.4) is 0 Å². The predicted molar refractivity (Wildman–Crippen MR) is 6.41 cm³/mol. The fourth-order valence-corrected chi connectivity index (χ4v) is 0. The Labute approximate surface area is 100 Å². The van der Waals surface area contributed by atoms with Gasteiger partial charge in [-0.1, -0.05) is 0 Å². The van der Waals surface area contributed by atoms with E-state index in [4.69, 9.17) is 0 Å². The molecule has 4 heteroatoms. The molecule has 0 aliphatic carbocycles. The van der Waals surface area contributed by atoms with Gasteiger partial charge in [0.2, 0.25) is 0 Å². The zero-order valence-corrected chi connectivity index (χ0v) is 12.5. The molecule has 0 saturated heterocycles. The molecule has 0 aromatic carbocycles. The Bertz CT molecular complexity index is 11.6. The van der Waals surface area contributed by atoms with E-state index in [0.29, 0.717) is 0 Å². The molecule has 0 N–H and O–H groups in total. The molecule has 0 radical (unpaired) electrons. The Morgan fingerprint density at radius 2 is 1.00 bits per heavy atom. The first kappa shape index (κ1) is 41.9. The van der Waals surface area contributed by atoms with Gasteiger partial charge in [0.05, 0.1) is 0 Å². The van der Waals surface area contributed by atoms with Crippen LogP contribution < -0.4 is 0 Å².